The second kappa shape index (κ2) is 6.59. The summed E-state index contributed by atoms with van der Waals surface area (Å²) in [4.78, 5) is 0.000669. The molecule has 4 nitrogen and oxygen atoms in total. The maximum atomic E-state index is 14.1. The van der Waals surface area contributed by atoms with Gasteiger partial charge >= 0.3 is 6.18 Å². The zero-order chi connectivity index (χ0) is 20.0. The number of hydrazone groups is 1. The molecule has 0 unspecified atom stereocenters. The molecular weight excluding hydrogens is 391 g/mol. The highest BCUT2D eigenvalue weighted by Gasteiger charge is 2.44. The van der Waals surface area contributed by atoms with Crippen LogP contribution in [-0.2, 0) is 9.84 Å². The predicted octanol–water partition coefficient (Wildman–Crippen LogP) is 4.24. The summed E-state index contributed by atoms with van der Waals surface area (Å²) in [5.41, 5.74) is -1.11. The topological polar surface area (TPSA) is 49.7 Å². The summed E-state index contributed by atoms with van der Waals surface area (Å²) >= 11 is 0. The number of nitrogens with zero attached hydrogens (tertiary/aromatic N) is 2. The molecule has 0 saturated carbocycles. The van der Waals surface area contributed by atoms with E-state index in [0.29, 0.717) is 11.6 Å². The smallest absolute Gasteiger partial charge is 0.254 e. The number of hydrogen-bond donors (Lipinski definition) is 0. The third-order valence-electron chi connectivity index (χ3n) is 4.09. The van der Waals surface area contributed by atoms with Crippen LogP contribution in [0.5, 0.6) is 0 Å². The van der Waals surface area contributed by atoms with Gasteiger partial charge in [0.25, 0.3) is 0 Å². The Balaban J connectivity index is 2.05. The van der Waals surface area contributed by atoms with Gasteiger partial charge in [-0.1, -0.05) is 12.1 Å². The summed E-state index contributed by atoms with van der Waals surface area (Å²) in [6.07, 6.45) is -4.27. The number of halogens is 5. The first kappa shape index (κ1) is 19.3. The van der Waals surface area contributed by atoms with Crippen LogP contribution in [0.4, 0.5) is 27.6 Å². The fraction of sp³-hybridized carbons (Fsp3) is 0.235. The van der Waals surface area contributed by atoms with Gasteiger partial charge in [0.15, 0.2) is 15.7 Å². The molecular formula is C17H13F5N2O2S. The molecule has 27 heavy (non-hydrogen) atoms. The zero-order valence-corrected chi connectivity index (χ0v) is 14.7. The number of hydrogen-bond acceptors (Lipinski definition) is 4. The van der Waals surface area contributed by atoms with Crippen molar-refractivity contribution < 1.29 is 30.4 Å². The molecule has 0 amide bonds. The maximum Gasteiger partial charge on any atom is 0.431 e. The highest BCUT2D eigenvalue weighted by molar-refractivity contribution is 7.90. The number of anilines is 1. The van der Waals surface area contributed by atoms with Crippen molar-refractivity contribution in [2.24, 2.45) is 5.10 Å². The van der Waals surface area contributed by atoms with Crippen molar-refractivity contribution in [3.63, 3.8) is 0 Å². The summed E-state index contributed by atoms with van der Waals surface area (Å²) in [5, 5.41) is 4.33. The number of rotatable bonds is 3. The molecule has 1 aliphatic rings. The van der Waals surface area contributed by atoms with E-state index in [1.165, 1.54) is 24.3 Å². The predicted molar refractivity (Wildman–Crippen MR) is 89.2 cm³/mol. The normalized spacial score (nSPS) is 17.9. The maximum absolute atomic E-state index is 14.1. The van der Waals surface area contributed by atoms with Crippen molar-refractivity contribution in [1.82, 2.24) is 0 Å². The van der Waals surface area contributed by atoms with Gasteiger partial charge < -0.3 is 0 Å². The van der Waals surface area contributed by atoms with Crippen LogP contribution >= 0.6 is 0 Å². The second-order valence-corrected chi connectivity index (χ2v) is 8.06. The van der Waals surface area contributed by atoms with Gasteiger partial charge in [0.2, 0.25) is 0 Å². The van der Waals surface area contributed by atoms with Crippen molar-refractivity contribution in [1.29, 1.82) is 0 Å². The van der Waals surface area contributed by atoms with Gasteiger partial charge in [-0.05, 0) is 29.8 Å². The Morgan fingerprint density at radius 3 is 2.22 bits per heavy atom. The first-order valence-corrected chi connectivity index (χ1v) is 9.55. The molecule has 0 N–H and O–H groups in total. The third-order valence-corrected chi connectivity index (χ3v) is 5.22. The van der Waals surface area contributed by atoms with E-state index in [-0.39, 0.29) is 10.6 Å². The average Bonchev–Trinajstić information content (AvgIpc) is 2.99. The molecule has 0 saturated heterocycles. The Morgan fingerprint density at radius 1 is 1.07 bits per heavy atom. The fourth-order valence-electron chi connectivity index (χ4n) is 2.77. The molecule has 0 aliphatic carbocycles. The van der Waals surface area contributed by atoms with Crippen LogP contribution in [-0.4, -0.2) is 26.6 Å². The van der Waals surface area contributed by atoms with Gasteiger partial charge in [0.1, 0.15) is 11.5 Å². The van der Waals surface area contributed by atoms with Crippen molar-refractivity contribution in [2.75, 3.05) is 11.3 Å². The summed E-state index contributed by atoms with van der Waals surface area (Å²) < 4.78 is 89.8. The van der Waals surface area contributed by atoms with E-state index in [1.807, 2.05) is 0 Å². The summed E-state index contributed by atoms with van der Waals surface area (Å²) in [7, 11) is -3.48. The van der Waals surface area contributed by atoms with Gasteiger partial charge in [0.05, 0.1) is 16.6 Å². The molecule has 144 valence electrons. The van der Waals surface area contributed by atoms with Crippen molar-refractivity contribution in [2.45, 2.75) is 23.5 Å². The Morgan fingerprint density at radius 2 is 1.70 bits per heavy atom. The van der Waals surface area contributed by atoms with Crippen LogP contribution in [0.3, 0.4) is 0 Å². The third kappa shape index (κ3) is 3.95. The van der Waals surface area contributed by atoms with Crippen LogP contribution in [0.15, 0.2) is 52.5 Å². The SMILES string of the molecule is CS(=O)(=O)c1ccc([C@@H]2CC(C(F)(F)F)=NN2c2ccc(F)cc2F)cc1. The van der Waals surface area contributed by atoms with Gasteiger partial charge in [-0.2, -0.15) is 18.3 Å². The van der Waals surface area contributed by atoms with Gasteiger partial charge in [-0.3, -0.25) is 5.01 Å². The van der Waals surface area contributed by atoms with Gasteiger partial charge in [-0.15, -0.1) is 0 Å². The Hall–Kier alpha value is -2.49. The standard InChI is InChI=1S/C17H13F5N2O2S/c1-27(25,26)12-5-2-10(3-6-12)15-9-16(17(20,21)22)23-24(15)14-7-4-11(18)8-13(14)19/h2-8,15H,9H2,1H3/t15-/m0/s1. The van der Waals surface area contributed by atoms with Crippen LogP contribution in [0.2, 0.25) is 0 Å². The summed E-state index contributed by atoms with van der Waals surface area (Å²) in [6, 6.07) is 6.68. The van der Waals surface area contributed by atoms with Crippen molar-refractivity contribution >= 4 is 21.2 Å². The lowest BCUT2D eigenvalue weighted by Crippen LogP contribution is -2.21. The number of sulfone groups is 1. The molecule has 0 radical (unpaired) electrons. The Bertz CT molecular complexity index is 1000. The first-order chi connectivity index (χ1) is 12.5. The van der Waals surface area contributed by atoms with Crippen molar-refractivity contribution in [3.05, 3.63) is 59.7 Å². The number of alkyl halides is 3. The van der Waals surface area contributed by atoms with Crippen LogP contribution in [0.25, 0.3) is 0 Å². The molecule has 0 spiro atoms. The molecule has 1 atom stereocenters. The van der Waals surface area contributed by atoms with E-state index in [1.54, 1.807) is 0 Å². The van der Waals surface area contributed by atoms with Crippen LogP contribution in [0, 0.1) is 11.6 Å². The molecule has 1 heterocycles. The Labute approximate surface area is 151 Å². The van der Waals surface area contributed by atoms with E-state index >= 15 is 0 Å². The van der Waals surface area contributed by atoms with Gasteiger partial charge in [0, 0.05) is 18.7 Å². The lowest BCUT2D eigenvalue weighted by molar-refractivity contribution is -0.0600. The van der Waals surface area contributed by atoms with E-state index in [0.717, 1.165) is 23.4 Å². The van der Waals surface area contributed by atoms with E-state index < -0.39 is 45.8 Å². The highest BCUT2D eigenvalue weighted by atomic mass is 32.2. The quantitative estimate of drug-likeness (QED) is 0.720. The molecule has 2 aromatic rings. The number of benzene rings is 2. The fourth-order valence-corrected chi connectivity index (χ4v) is 3.40. The van der Waals surface area contributed by atoms with E-state index in [9.17, 15) is 30.4 Å². The minimum Gasteiger partial charge on any atom is -0.254 e. The lowest BCUT2D eigenvalue weighted by Gasteiger charge is -2.24. The first-order valence-electron chi connectivity index (χ1n) is 7.66. The molecule has 0 bridgehead atoms. The largest absolute Gasteiger partial charge is 0.431 e. The molecule has 3 rings (SSSR count). The zero-order valence-electron chi connectivity index (χ0n) is 13.8. The van der Waals surface area contributed by atoms with Crippen LogP contribution in [0.1, 0.15) is 18.0 Å². The second-order valence-electron chi connectivity index (χ2n) is 6.05. The van der Waals surface area contributed by atoms with E-state index in [4.69, 9.17) is 0 Å². The van der Waals surface area contributed by atoms with Crippen molar-refractivity contribution in [3.8, 4) is 0 Å². The summed E-state index contributed by atoms with van der Waals surface area (Å²) in [5.74, 6) is -1.93. The minimum absolute atomic E-state index is 0.000669. The summed E-state index contributed by atoms with van der Waals surface area (Å²) in [6.45, 7) is 0. The highest BCUT2D eigenvalue weighted by Crippen LogP contribution is 2.40. The minimum atomic E-state index is -4.71. The molecule has 1 aliphatic heterocycles. The van der Waals surface area contributed by atoms with E-state index in [2.05, 4.69) is 5.10 Å². The van der Waals surface area contributed by atoms with Gasteiger partial charge in [-0.25, -0.2) is 17.2 Å². The molecule has 10 heteroatoms. The molecule has 0 aromatic heterocycles. The molecule has 2 aromatic carbocycles. The monoisotopic (exact) mass is 404 g/mol. The van der Waals surface area contributed by atoms with Crippen LogP contribution < -0.4 is 5.01 Å². The Kier molecular flexibility index (Phi) is 4.71. The molecule has 0 fully saturated rings. The lowest BCUT2D eigenvalue weighted by atomic mass is 10.0. The average molecular weight is 404 g/mol.